The number of ether oxygens (including phenoxy) is 2. The fraction of sp³-hybridized carbons (Fsp3) is 0.286. The second kappa shape index (κ2) is 9.97. The zero-order valence-corrected chi connectivity index (χ0v) is 17.4. The molecule has 0 unspecified atom stereocenters. The summed E-state index contributed by atoms with van der Waals surface area (Å²) in [6.45, 7) is 6.61. The van der Waals surface area contributed by atoms with Crippen LogP contribution < -0.4 is 14.8 Å². The van der Waals surface area contributed by atoms with Gasteiger partial charge < -0.3 is 19.3 Å². The molecule has 0 radical (unpaired) electrons. The molecule has 0 saturated heterocycles. The number of nitrogens with zero attached hydrogens (tertiary/aromatic N) is 2. The quantitative estimate of drug-likeness (QED) is 0.508. The van der Waals surface area contributed by atoms with Crippen LogP contribution in [-0.4, -0.2) is 29.3 Å². The average Bonchev–Trinajstić information content (AvgIpc) is 3.14. The fourth-order valence-electron chi connectivity index (χ4n) is 2.65. The third-order valence-electron chi connectivity index (χ3n) is 3.86. The van der Waals surface area contributed by atoms with Crippen molar-refractivity contribution >= 4 is 23.4 Å². The van der Waals surface area contributed by atoms with Crippen molar-refractivity contribution in [2.24, 2.45) is 0 Å². The Bertz CT molecular complexity index is 974. The van der Waals surface area contributed by atoms with Crippen LogP contribution in [0.5, 0.6) is 11.5 Å². The van der Waals surface area contributed by atoms with Crippen molar-refractivity contribution in [3.63, 3.8) is 0 Å². The van der Waals surface area contributed by atoms with Crippen molar-refractivity contribution in [2.75, 3.05) is 18.5 Å². The van der Waals surface area contributed by atoms with Crippen LogP contribution in [0.2, 0.25) is 0 Å². The summed E-state index contributed by atoms with van der Waals surface area (Å²) >= 11 is 1.48. The first kappa shape index (κ1) is 20.7. The molecule has 0 spiro atoms. The van der Waals surface area contributed by atoms with Gasteiger partial charge in [-0.25, -0.2) is 0 Å². The molecular formula is C21H23N3O4S. The van der Waals surface area contributed by atoms with Crippen molar-refractivity contribution in [1.82, 2.24) is 10.1 Å². The molecule has 1 aromatic heterocycles. The molecule has 0 saturated carbocycles. The maximum absolute atomic E-state index is 12.9. The van der Waals surface area contributed by atoms with E-state index in [9.17, 15) is 4.79 Å². The van der Waals surface area contributed by atoms with Gasteiger partial charge in [-0.2, -0.15) is 4.98 Å². The van der Waals surface area contributed by atoms with E-state index in [0.717, 1.165) is 4.90 Å². The van der Waals surface area contributed by atoms with Crippen molar-refractivity contribution < 1.29 is 18.8 Å². The van der Waals surface area contributed by atoms with E-state index in [-0.39, 0.29) is 5.91 Å². The summed E-state index contributed by atoms with van der Waals surface area (Å²) in [5.74, 6) is 2.67. The minimum Gasteiger partial charge on any atom is -0.490 e. The highest BCUT2D eigenvalue weighted by atomic mass is 32.2. The van der Waals surface area contributed by atoms with E-state index >= 15 is 0 Å². The van der Waals surface area contributed by atoms with Gasteiger partial charge in [-0.05, 0) is 38.1 Å². The largest absolute Gasteiger partial charge is 0.490 e. The molecule has 8 heteroatoms. The van der Waals surface area contributed by atoms with Gasteiger partial charge >= 0.3 is 0 Å². The van der Waals surface area contributed by atoms with Crippen LogP contribution in [0.25, 0.3) is 0 Å². The van der Waals surface area contributed by atoms with Crippen LogP contribution in [0.4, 0.5) is 5.69 Å². The SMILES string of the molecule is CCOc1ccc(NC(=O)c2ccccc2SCc2noc(C)n2)cc1OCC. The number of carbonyl (C=O) groups excluding carboxylic acids is 1. The molecule has 0 aliphatic heterocycles. The highest BCUT2D eigenvalue weighted by Crippen LogP contribution is 2.31. The summed E-state index contributed by atoms with van der Waals surface area (Å²) in [4.78, 5) is 17.9. The Morgan fingerprint density at radius 3 is 2.59 bits per heavy atom. The molecule has 152 valence electrons. The van der Waals surface area contributed by atoms with E-state index in [1.165, 1.54) is 11.8 Å². The molecule has 1 N–H and O–H groups in total. The van der Waals surface area contributed by atoms with E-state index in [1.807, 2.05) is 32.0 Å². The monoisotopic (exact) mass is 413 g/mol. The molecule has 2 aromatic carbocycles. The zero-order valence-electron chi connectivity index (χ0n) is 16.6. The molecule has 29 heavy (non-hydrogen) atoms. The molecule has 7 nitrogen and oxygen atoms in total. The number of aryl methyl sites for hydroxylation is 1. The number of carbonyl (C=O) groups is 1. The molecule has 0 aliphatic rings. The maximum Gasteiger partial charge on any atom is 0.256 e. The summed E-state index contributed by atoms with van der Waals surface area (Å²) in [5.41, 5.74) is 1.21. The van der Waals surface area contributed by atoms with Crippen molar-refractivity contribution in [3.05, 3.63) is 59.7 Å². The smallest absolute Gasteiger partial charge is 0.256 e. The molecular weight excluding hydrogens is 390 g/mol. The van der Waals surface area contributed by atoms with Gasteiger partial charge in [-0.3, -0.25) is 4.79 Å². The van der Waals surface area contributed by atoms with Crippen LogP contribution in [0.1, 0.15) is 35.9 Å². The van der Waals surface area contributed by atoms with Crippen molar-refractivity contribution in [2.45, 2.75) is 31.4 Å². The maximum atomic E-state index is 12.9. The third-order valence-corrected chi connectivity index (χ3v) is 4.93. The lowest BCUT2D eigenvalue weighted by atomic mass is 10.2. The predicted molar refractivity (Wildman–Crippen MR) is 112 cm³/mol. The van der Waals surface area contributed by atoms with Gasteiger partial charge in [0, 0.05) is 23.6 Å². The van der Waals surface area contributed by atoms with Gasteiger partial charge in [0.2, 0.25) is 5.89 Å². The van der Waals surface area contributed by atoms with E-state index in [0.29, 0.717) is 53.4 Å². The molecule has 1 amide bonds. The van der Waals surface area contributed by atoms with Gasteiger partial charge in [-0.15, -0.1) is 11.8 Å². The molecule has 0 bridgehead atoms. The van der Waals surface area contributed by atoms with Crippen LogP contribution >= 0.6 is 11.8 Å². The minimum absolute atomic E-state index is 0.205. The van der Waals surface area contributed by atoms with Crippen LogP contribution in [0.15, 0.2) is 51.9 Å². The number of rotatable bonds is 9. The van der Waals surface area contributed by atoms with Gasteiger partial charge in [0.1, 0.15) is 0 Å². The third kappa shape index (κ3) is 5.51. The molecule has 3 rings (SSSR count). The summed E-state index contributed by atoms with van der Waals surface area (Å²) < 4.78 is 16.2. The van der Waals surface area contributed by atoms with Crippen LogP contribution in [0.3, 0.4) is 0 Å². The fourth-order valence-corrected chi connectivity index (χ4v) is 3.54. The molecule has 0 fully saturated rings. The summed E-state index contributed by atoms with van der Waals surface area (Å²) in [7, 11) is 0. The number of thioether (sulfide) groups is 1. The summed E-state index contributed by atoms with van der Waals surface area (Å²) in [6.07, 6.45) is 0. The summed E-state index contributed by atoms with van der Waals surface area (Å²) in [5, 5.41) is 6.82. The summed E-state index contributed by atoms with van der Waals surface area (Å²) in [6, 6.07) is 12.8. The lowest BCUT2D eigenvalue weighted by molar-refractivity contribution is 0.102. The lowest BCUT2D eigenvalue weighted by Gasteiger charge is -2.14. The predicted octanol–water partition coefficient (Wildman–Crippen LogP) is 4.72. The lowest BCUT2D eigenvalue weighted by Crippen LogP contribution is -2.13. The first-order chi connectivity index (χ1) is 14.1. The number of hydrogen-bond donors (Lipinski definition) is 1. The normalized spacial score (nSPS) is 10.6. The number of amides is 1. The first-order valence-corrected chi connectivity index (χ1v) is 10.3. The van der Waals surface area contributed by atoms with Gasteiger partial charge in [-0.1, -0.05) is 17.3 Å². The van der Waals surface area contributed by atoms with E-state index in [4.69, 9.17) is 14.0 Å². The second-order valence-corrected chi connectivity index (χ2v) is 7.01. The molecule has 0 atom stereocenters. The van der Waals surface area contributed by atoms with E-state index in [1.54, 1.807) is 31.2 Å². The van der Waals surface area contributed by atoms with Gasteiger partial charge in [0.05, 0.1) is 24.5 Å². The van der Waals surface area contributed by atoms with E-state index < -0.39 is 0 Å². The standard InChI is InChI=1S/C21H23N3O4S/c1-4-26-17-11-10-15(12-18(17)27-5-2)23-21(25)16-8-6-7-9-19(16)29-13-20-22-14(3)28-24-20/h6-12H,4-5,13H2,1-3H3,(H,23,25). The van der Waals surface area contributed by atoms with Gasteiger partial charge in [0.25, 0.3) is 5.91 Å². The van der Waals surface area contributed by atoms with Crippen LogP contribution in [0, 0.1) is 6.92 Å². The Morgan fingerprint density at radius 1 is 1.10 bits per heavy atom. The molecule has 3 aromatic rings. The molecule has 1 heterocycles. The number of benzene rings is 2. The number of nitrogens with one attached hydrogen (secondary N) is 1. The minimum atomic E-state index is -0.205. The Balaban J connectivity index is 1.74. The number of anilines is 1. The van der Waals surface area contributed by atoms with Crippen LogP contribution in [-0.2, 0) is 5.75 Å². The Morgan fingerprint density at radius 2 is 1.86 bits per heavy atom. The Kier molecular flexibility index (Phi) is 7.13. The highest BCUT2D eigenvalue weighted by molar-refractivity contribution is 7.98. The average molecular weight is 413 g/mol. The van der Waals surface area contributed by atoms with Gasteiger partial charge in [0.15, 0.2) is 17.3 Å². The molecule has 0 aliphatic carbocycles. The highest BCUT2D eigenvalue weighted by Gasteiger charge is 2.14. The van der Waals surface area contributed by atoms with Crippen molar-refractivity contribution in [3.8, 4) is 11.5 Å². The Labute approximate surface area is 173 Å². The van der Waals surface area contributed by atoms with Crippen molar-refractivity contribution in [1.29, 1.82) is 0 Å². The topological polar surface area (TPSA) is 86.5 Å². The Hall–Kier alpha value is -3.00. The second-order valence-electron chi connectivity index (χ2n) is 6.00. The zero-order chi connectivity index (χ0) is 20.6. The number of hydrogen-bond acceptors (Lipinski definition) is 7. The first-order valence-electron chi connectivity index (χ1n) is 9.32. The van der Waals surface area contributed by atoms with E-state index in [2.05, 4.69) is 15.5 Å². The number of aromatic nitrogens is 2.